The molecule has 5 nitrogen and oxygen atoms in total. The second-order valence-corrected chi connectivity index (χ2v) is 6.23. The van der Waals surface area contributed by atoms with Crippen LogP contribution in [0.3, 0.4) is 0 Å². The van der Waals surface area contributed by atoms with Gasteiger partial charge in [-0.25, -0.2) is 0 Å². The van der Waals surface area contributed by atoms with E-state index in [-0.39, 0.29) is 23.5 Å². The van der Waals surface area contributed by atoms with Crippen molar-refractivity contribution >= 4 is 34.4 Å². The standard InChI is InChI=1S/C16H21N3O2S/c1-4-17-16-19(5-2)15(21)13(22-16)10-14(20)18-12-8-6-11(3)7-9-12/h6-9,13H,4-5,10H2,1-3H3,(H,18,20). The topological polar surface area (TPSA) is 61.8 Å². The van der Waals surface area contributed by atoms with E-state index in [1.165, 1.54) is 11.8 Å². The fourth-order valence-electron chi connectivity index (χ4n) is 2.20. The average Bonchev–Trinajstić information content (AvgIpc) is 2.77. The number of aryl methyl sites for hydroxylation is 1. The minimum atomic E-state index is -0.379. The zero-order chi connectivity index (χ0) is 16.1. The number of benzene rings is 1. The lowest BCUT2D eigenvalue weighted by atomic mass is 10.2. The Morgan fingerprint density at radius 1 is 1.32 bits per heavy atom. The fraction of sp³-hybridized carbons (Fsp3) is 0.438. The maximum Gasteiger partial charge on any atom is 0.242 e. The molecule has 118 valence electrons. The van der Waals surface area contributed by atoms with Gasteiger partial charge in [-0.05, 0) is 32.9 Å². The molecule has 0 spiro atoms. The zero-order valence-corrected chi connectivity index (χ0v) is 13.9. The van der Waals surface area contributed by atoms with Crippen LogP contribution in [0.4, 0.5) is 5.69 Å². The van der Waals surface area contributed by atoms with Gasteiger partial charge in [0, 0.05) is 25.2 Å². The Morgan fingerprint density at radius 2 is 2.00 bits per heavy atom. The Bertz CT molecular complexity index is 584. The van der Waals surface area contributed by atoms with Crippen LogP contribution in [0.15, 0.2) is 29.3 Å². The molecule has 2 amide bonds. The number of thioether (sulfide) groups is 1. The Morgan fingerprint density at radius 3 is 2.59 bits per heavy atom. The SMILES string of the molecule is CCN=C1SC(CC(=O)Nc2ccc(C)cc2)C(=O)N1CC. The van der Waals surface area contributed by atoms with Gasteiger partial charge in [0.05, 0.1) is 0 Å². The molecular weight excluding hydrogens is 298 g/mol. The number of amidine groups is 1. The number of hydrogen-bond acceptors (Lipinski definition) is 4. The summed E-state index contributed by atoms with van der Waals surface area (Å²) in [5, 5.41) is 3.18. The van der Waals surface area contributed by atoms with Crippen molar-refractivity contribution in [2.75, 3.05) is 18.4 Å². The zero-order valence-electron chi connectivity index (χ0n) is 13.1. The molecule has 1 unspecified atom stereocenters. The molecule has 0 aliphatic carbocycles. The van der Waals surface area contributed by atoms with Gasteiger partial charge in [-0.2, -0.15) is 0 Å². The average molecular weight is 319 g/mol. The first kappa shape index (κ1) is 16.5. The second-order valence-electron chi connectivity index (χ2n) is 5.06. The molecule has 0 bridgehead atoms. The smallest absolute Gasteiger partial charge is 0.242 e. The highest BCUT2D eigenvalue weighted by Gasteiger charge is 2.37. The lowest BCUT2D eigenvalue weighted by Crippen LogP contribution is -2.33. The molecule has 1 aromatic rings. The number of carbonyl (C=O) groups is 2. The van der Waals surface area contributed by atoms with E-state index >= 15 is 0 Å². The van der Waals surface area contributed by atoms with Crippen molar-refractivity contribution in [2.24, 2.45) is 4.99 Å². The number of hydrogen-bond donors (Lipinski definition) is 1. The third-order valence-corrected chi connectivity index (χ3v) is 4.55. The highest BCUT2D eigenvalue weighted by Crippen LogP contribution is 2.29. The summed E-state index contributed by atoms with van der Waals surface area (Å²) in [6.45, 7) is 7.06. The van der Waals surface area contributed by atoms with Crippen molar-refractivity contribution in [1.29, 1.82) is 0 Å². The first-order valence-corrected chi connectivity index (χ1v) is 8.32. The monoisotopic (exact) mass is 319 g/mol. The van der Waals surface area contributed by atoms with Gasteiger partial charge in [0.1, 0.15) is 5.25 Å². The lowest BCUT2D eigenvalue weighted by molar-refractivity contribution is -0.128. The molecule has 1 atom stereocenters. The largest absolute Gasteiger partial charge is 0.326 e. The number of nitrogens with one attached hydrogen (secondary N) is 1. The Labute approximate surface area is 135 Å². The number of amides is 2. The highest BCUT2D eigenvalue weighted by molar-refractivity contribution is 8.15. The van der Waals surface area contributed by atoms with E-state index in [1.807, 2.05) is 45.0 Å². The van der Waals surface area contributed by atoms with E-state index in [9.17, 15) is 9.59 Å². The molecule has 1 saturated heterocycles. The van der Waals surface area contributed by atoms with Crippen LogP contribution in [0.2, 0.25) is 0 Å². The minimum absolute atomic E-state index is 0.0289. The number of carbonyl (C=O) groups excluding carboxylic acids is 2. The van der Waals surface area contributed by atoms with Gasteiger partial charge < -0.3 is 5.32 Å². The van der Waals surface area contributed by atoms with Gasteiger partial charge in [-0.15, -0.1) is 0 Å². The Kier molecular flexibility index (Phi) is 5.60. The van der Waals surface area contributed by atoms with Crippen LogP contribution in [0, 0.1) is 6.92 Å². The van der Waals surface area contributed by atoms with Crippen LogP contribution in [0.25, 0.3) is 0 Å². The number of nitrogens with zero attached hydrogens (tertiary/aromatic N) is 2. The third kappa shape index (κ3) is 3.88. The van der Waals surface area contributed by atoms with Gasteiger partial charge >= 0.3 is 0 Å². The van der Waals surface area contributed by atoms with Crippen LogP contribution in [-0.4, -0.2) is 40.2 Å². The van der Waals surface area contributed by atoms with Crippen LogP contribution >= 0.6 is 11.8 Å². The van der Waals surface area contributed by atoms with E-state index < -0.39 is 0 Å². The summed E-state index contributed by atoms with van der Waals surface area (Å²) >= 11 is 1.38. The molecule has 0 radical (unpaired) electrons. The van der Waals surface area contributed by atoms with Crippen molar-refractivity contribution in [2.45, 2.75) is 32.4 Å². The maximum atomic E-state index is 12.3. The fourth-order valence-corrected chi connectivity index (χ4v) is 3.47. The van der Waals surface area contributed by atoms with E-state index in [4.69, 9.17) is 0 Å². The molecule has 1 N–H and O–H groups in total. The van der Waals surface area contributed by atoms with Gasteiger partial charge in [-0.1, -0.05) is 29.5 Å². The van der Waals surface area contributed by atoms with E-state index in [0.717, 1.165) is 16.4 Å². The molecule has 1 heterocycles. The summed E-state index contributed by atoms with van der Waals surface area (Å²) in [6, 6.07) is 7.60. The summed E-state index contributed by atoms with van der Waals surface area (Å²) < 4.78 is 0. The highest BCUT2D eigenvalue weighted by atomic mass is 32.2. The molecule has 0 aromatic heterocycles. The summed E-state index contributed by atoms with van der Waals surface area (Å²) in [6.07, 6.45) is 0.163. The van der Waals surface area contributed by atoms with Crippen molar-refractivity contribution in [3.8, 4) is 0 Å². The van der Waals surface area contributed by atoms with Gasteiger partial charge in [0.15, 0.2) is 5.17 Å². The molecule has 1 aliphatic rings. The number of aliphatic imine (C=N–C) groups is 1. The molecule has 0 saturated carbocycles. The van der Waals surface area contributed by atoms with Crippen molar-refractivity contribution in [1.82, 2.24) is 4.90 Å². The maximum absolute atomic E-state index is 12.3. The molecular formula is C16H21N3O2S. The van der Waals surface area contributed by atoms with E-state index in [1.54, 1.807) is 4.90 Å². The van der Waals surface area contributed by atoms with Crippen LogP contribution in [0.5, 0.6) is 0 Å². The van der Waals surface area contributed by atoms with Crippen molar-refractivity contribution < 1.29 is 9.59 Å². The van der Waals surface area contributed by atoms with E-state index in [2.05, 4.69) is 10.3 Å². The third-order valence-electron chi connectivity index (χ3n) is 3.34. The van der Waals surface area contributed by atoms with Crippen molar-refractivity contribution in [3.63, 3.8) is 0 Å². The molecule has 2 rings (SSSR count). The summed E-state index contributed by atoms with van der Waals surface area (Å²) in [5.74, 6) is -0.178. The normalized spacial score (nSPS) is 19.8. The second kappa shape index (κ2) is 7.45. The quantitative estimate of drug-likeness (QED) is 0.907. The minimum Gasteiger partial charge on any atom is -0.326 e. The number of rotatable bonds is 5. The molecule has 1 aromatic carbocycles. The van der Waals surface area contributed by atoms with Crippen molar-refractivity contribution in [3.05, 3.63) is 29.8 Å². The Balaban J connectivity index is 1.98. The van der Waals surface area contributed by atoms with Gasteiger partial charge in [0.25, 0.3) is 0 Å². The summed E-state index contributed by atoms with van der Waals surface area (Å²) in [7, 11) is 0. The van der Waals surface area contributed by atoms with Crippen LogP contribution < -0.4 is 5.32 Å². The predicted octanol–water partition coefficient (Wildman–Crippen LogP) is 2.66. The molecule has 1 fully saturated rings. The van der Waals surface area contributed by atoms with Crippen LogP contribution in [-0.2, 0) is 9.59 Å². The van der Waals surface area contributed by atoms with Gasteiger partial charge in [0.2, 0.25) is 11.8 Å². The molecule has 22 heavy (non-hydrogen) atoms. The predicted molar refractivity (Wildman–Crippen MR) is 91.2 cm³/mol. The van der Waals surface area contributed by atoms with Gasteiger partial charge in [-0.3, -0.25) is 19.5 Å². The Hall–Kier alpha value is -1.82. The first-order chi connectivity index (χ1) is 10.5. The lowest BCUT2D eigenvalue weighted by Gasteiger charge is -2.13. The number of anilines is 1. The molecule has 1 aliphatic heterocycles. The summed E-state index contributed by atoms with van der Waals surface area (Å²) in [5.41, 5.74) is 1.89. The van der Waals surface area contributed by atoms with Crippen LogP contribution in [0.1, 0.15) is 25.8 Å². The summed E-state index contributed by atoms with van der Waals surface area (Å²) in [4.78, 5) is 30.4. The first-order valence-electron chi connectivity index (χ1n) is 7.44. The molecule has 6 heteroatoms. The van der Waals surface area contributed by atoms with E-state index in [0.29, 0.717) is 13.1 Å².